The largest absolute Gasteiger partial charge is 0.493 e. The maximum absolute atomic E-state index is 13.3. The van der Waals surface area contributed by atoms with E-state index in [2.05, 4.69) is 22.9 Å². The molecule has 1 saturated heterocycles. The molecule has 190 valence electrons. The van der Waals surface area contributed by atoms with Gasteiger partial charge in [-0.05, 0) is 30.0 Å². The molecule has 9 heteroatoms. The number of carbonyl (C=O) groups is 2. The van der Waals surface area contributed by atoms with Crippen molar-refractivity contribution in [2.24, 2.45) is 11.7 Å². The number of carbonyl (C=O) groups excluding carboxylic acids is 1. The minimum absolute atomic E-state index is 0.0173. The first-order valence-electron chi connectivity index (χ1n) is 12.7. The van der Waals surface area contributed by atoms with Crippen LogP contribution in [0.25, 0.3) is 0 Å². The number of likely N-dealkylation sites (tertiary alicyclic amines) is 1. The average molecular weight is 484 g/mol. The number of hydrogen-bond donors (Lipinski definition) is 2. The Hall–Kier alpha value is -2.91. The zero-order chi connectivity index (χ0) is 24.8. The summed E-state index contributed by atoms with van der Waals surface area (Å²) in [4.78, 5) is 33.9. The van der Waals surface area contributed by atoms with Gasteiger partial charge in [-0.1, -0.05) is 25.5 Å². The van der Waals surface area contributed by atoms with Crippen molar-refractivity contribution in [2.45, 2.75) is 51.1 Å². The molecule has 4 rings (SSSR count). The molecule has 1 amide bonds. The Morgan fingerprint density at radius 2 is 2.17 bits per heavy atom. The third-order valence-corrected chi connectivity index (χ3v) is 7.29. The molecule has 1 aromatic carbocycles. The van der Waals surface area contributed by atoms with Crippen LogP contribution in [0.5, 0.6) is 5.75 Å². The van der Waals surface area contributed by atoms with Crippen LogP contribution >= 0.6 is 0 Å². The molecular formula is C26H37N5O4. The highest BCUT2D eigenvalue weighted by Gasteiger charge is 2.47. The van der Waals surface area contributed by atoms with Crippen molar-refractivity contribution in [3.63, 3.8) is 0 Å². The smallest absolute Gasteiger partial charge is 0.308 e. The van der Waals surface area contributed by atoms with Gasteiger partial charge in [-0.25, -0.2) is 4.98 Å². The summed E-state index contributed by atoms with van der Waals surface area (Å²) < 4.78 is 7.61. The lowest BCUT2D eigenvalue weighted by Gasteiger charge is -2.29. The molecule has 3 atom stereocenters. The summed E-state index contributed by atoms with van der Waals surface area (Å²) in [5.74, 6) is -0.718. The van der Waals surface area contributed by atoms with Crippen LogP contribution in [0.4, 0.5) is 0 Å². The molecule has 2 aliphatic heterocycles. The minimum Gasteiger partial charge on any atom is -0.493 e. The molecule has 1 aromatic heterocycles. The fourth-order valence-electron chi connectivity index (χ4n) is 5.47. The van der Waals surface area contributed by atoms with E-state index in [4.69, 9.17) is 10.5 Å². The summed E-state index contributed by atoms with van der Waals surface area (Å²) in [6, 6.07) is 5.78. The molecule has 0 saturated carbocycles. The standard InChI is InChI=1S/C26H37N5O4/c1-2-3-10-30(12-8-27)24(32)17-31-16-21(19-4-5-23-20(15-19)7-14-35-23)25(26(33)34)22(31)6-11-29-13-9-28-18-29/h4-5,9,13,15,18,21-22,25H,2-3,6-8,10-12,14,16-17,27H2,1H3,(H,33,34)/t21-,22+,25?/m1/s1. The van der Waals surface area contributed by atoms with E-state index >= 15 is 0 Å². The van der Waals surface area contributed by atoms with Crippen molar-refractivity contribution < 1.29 is 19.4 Å². The molecule has 1 fully saturated rings. The van der Waals surface area contributed by atoms with E-state index in [-0.39, 0.29) is 24.4 Å². The number of fused-ring (bicyclic) bond motifs is 1. The summed E-state index contributed by atoms with van der Waals surface area (Å²) in [6.07, 6.45) is 8.73. The van der Waals surface area contributed by atoms with Gasteiger partial charge in [0.25, 0.3) is 0 Å². The Balaban J connectivity index is 1.58. The molecule has 2 aromatic rings. The Labute approximate surface area is 206 Å². The van der Waals surface area contributed by atoms with Crippen LogP contribution in [-0.4, -0.2) is 81.7 Å². The zero-order valence-corrected chi connectivity index (χ0v) is 20.5. The highest BCUT2D eigenvalue weighted by atomic mass is 16.5. The lowest BCUT2D eigenvalue weighted by molar-refractivity contribution is -0.143. The van der Waals surface area contributed by atoms with Crippen molar-refractivity contribution in [3.8, 4) is 5.75 Å². The number of aliphatic carboxylic acids is 1. The lowest BCUT2D eigenvalue weighted by atomic mass is 9.83. The average Bonchev–Trinajstić information content (AvgIpc) is 3.59. The summed E-state index contributed by atoms with van der Waals surface area (Å²) in [5.41, 5.74) is 7.91. The molecule has 9 nitrogen and oxygen atoms in total. The van der Waals surface area contributed by atoms with Gasteiger partial charge in [0.15, 0.2) is 0 Å². The van der Waals surface area contributed by atoms with Crippen molar-refractivity contribution in [1.82, 2.24) is 19.4 Å². The fourth-order valence-corrected chi connectivity index (χ4v) is 5.47. The molecule has 0 spiro atoms. The normalized spacial score (nSPS) is 21.6. The van der Waals surface area contributed by atoms with Crippen LogP contribution in [0.2, 0.25) is 0 Å². The maximum Gasteiger partial charge on any atom is 0.308 e. The Kier molecular flexibility index (Phi) is 8.41. The molecule has 3 N–H and O–H groups in total. The number of benzene rings is 1. The number of carboxylic acids is 1. The van der Waals surface area contributed by atoms with E-state index < -0.39 is 11.9 Å². The second-order valence-corrected chi connectivity index (χ2v) is 9.55. The number of nitrogens with zero attached hydrogens (tertiary/aromatic N) is 4. The van der Waals surface area contributed by atoms with E-state index in [1.807, 2.05) is 27.8 Å². The highest BCUT2D eigenvalue weighted by molar-refractivity contribution is 5.79. The van der Waals surface area contributed by atoms with Crippen LogP contribution in [0.3, 0.4) is 0 Å². The molecule has 3 heterocycles. The zero-order valence-electron chi connectivity index (χ0n) is 20.5. The van der Waals surface area contributed by atoms with Crippen LogP contribution in [0.1, 0.15) is 43.2 Å². The van der Waals surface area contributed by atoms with Crippen LogP contribution < -0.4 is 10.5 Å². The topological polar surface area (TPSA) is 114 Å². The molecule has 0 aliphatic carbocycles. The molecule has 2 aliphatic rings. The predicted molar refractivity (Wildman–Crippen MR) is 132 cm³/mol. The summed E-state index contributed by atoms with van der Waals surface area (Å²) in [6.45, 7) is 5.74. The summed E-state index contributed by atoms with van der Waals surface area (Å²) >= 11 is 0. The van der Waals surface area contributed by atoms with Crippen molar-refractivity contribution in [3.05, 3.63) is 48.0 Å². The van der Waals surface area contributed by atoms with Crippen LogP contribution in [0, 0.1) is 5.92 Å². The van der Waals surface area contributed by atoms with E-state index in [1.165, 1.54) is 0 Å². The van der Waals surface area contributed by atoms with Crippen LogP contribution in [0.15, 0.2) is 36.9 Å². The Morgan fingerprint density at radius 1 is 1.31 bits per heavy atom. The minimum atomic E-state index is -0.817. The second kappa shape index (κ2) is 11.7. The number of aryl methyl sites for hydroxylation is 1. The third kappa shape index (κ3) is 5.85. The van der Waals surface area contributed by atoms with Crippen molar-refractivity contribution in [2.75, 3.05) is 39.3 Å². The first-order chi connectivity index (χ1) is 17.0. The van der Waals surface area contributed by atoms with E-state index in [1.54, 1.807) is 12.5 Å². The van der Waals surface area contributed by atoms with E-state index in [0.717, 1.165) is 36.1 Å². The van der Waals surface area contributed by atoms with Crippen molar-refractivity contribution in [1.29, 1.82) is 0 Å². The van der Waals surface area contributed by atoms with Gasteiger partial charge in [-0.2, -0.15) is 0 Å². The van der Waals surface area contributed by atoms with Gasteiger partial charge >= 0.3 is 5.97 Å². The van der Waals surface area contributed by atoms with Crippen LogP contribution in [-0.2, 0) is 22.6 Å². The molecule has 0 radical (unpaired) electrons. The third-order valence-electron chi connectivity index (χ3n) is 7.29. The number of imidazole rings is 1. The molecule has 35 heavy (non-hydrogen) atoms. The van der Waals surface area contributed by atoms with Gasteiger partial charge < -0.3 is 25.0 Å². The molecule has 1 unspecified atom stereocenters. The summed E-state index contributed by atoms with van der Waals surface area (Å²) in [7, 11) is 0. The second-order valence-electron chi connectivity index (χ2n) is 9.55. The number of carboxylic acid groups (broad SMARTS) is 1. The number of ether oxygens (including phenoxy) is 1. The highest BCUT2D eigenvalue weighted by Crippen LogP contribution is 2.41. The lowest BCUT2D eigenvalue weighted by Crippen LogP contribution is -2.46. The SMILES string of the molecule is CCCCN(CCN)C(=O)CN1C[C@H](c2ccc3c(c2)CCO3)C(C(=O)O)[C@@H]1CCn1ccnc1. The monoisotopic (exact) mass is 483 g/mol. The van der Waals surface area contributed by atoms with E-state index in [9.17, 15) is 14.7 Å². The number of nitrogens with two attached hydrogens (primary N) is 1. The predicted octanol–water partition coefficient (Wildman–Crippen LogP) is 1.96. The van der Waals surface area contributed by atoms with Gasteiger partial charge in [0.2, 0.25) is 5.91 Å². The Bertz CT molecular complexity index is 996. The summed E-state index contributed by atoms with van der Waals surface area (Å²) in [5, 5.41) is 10.3. The van der Waals surface area contributed by atoms with Gasteiger partial charge in [-0.15, -0.1) is 0 Å². The molecular weight excluding hydrogens is 446 g/mol. The number of rotatable bonds is 12. The van der Waals surface area contributed by atoms with Gasteiger partial charge in [-0.3, -0.25) is 14.5 Å². The number of aromatic nitrogens is 2. The first kappa shape index (κ1) is 25.2. The number of amides is 1. The quantitative estimate of drug-likeness (QED) is 0.474. The van der Waals surface area contributed by atoms with Gasteiger partial charge in [0.05, 0.1) is 25.4 Å². The Morgan fingerprint density at radius 3 is 2.89 bits per heavy atom. The fraction of sp³-hybridized carbons (Fsp3) is 0.577. The number of unbranched alkanes of at least 4 members (excludes halogenated alkanes) is 1. The number of hydrogen-bond acceptors (Lipinski definition) is 6. The molecule has 0 bridgehead atoms. The first-order valence-corrected chi connectivity index (χ1v) is 12.7. The van der Waals surface area contributed by atoms with Gasteiger partial charge in [0, 0.05) is 63.5 Å². The van der Waals surface area contributed by atoms with E-state index in [0.29, 0.717) is 45.8 Å². The van der Waals surface area contributed by atoms with Gasteiger partial charge in [0.1, 0.15) is 5.75 Å². The maximum atomic E-state index is 13.3. The van der Waals surface area contributed by atoms with Crippen molar-refractivity contribution >= 4 is 11.9 Å².